The van der Waals surface area contributed by atoms with Gasteiger partial charge in [0.15, 0.2) is 0 Å². The topological polar surface area (TPSA) is 92.8 Å². The maximum atomic E-state index is 13.1. The zero-order chi connectivity index (χ0) is 22.6. The number of carbonyl (C=O) groups excluding carboxylic acids is 2. The molecule has 0 unspecified atom stereocenters. The summed E-state index contributed by atoms with van der Waals surface area (Å²) in [5, 5.41) is 0. The number of thioether (sulfide) groups is 1. The van der Waals surface area contributed by atoms with Crippen LogP contribution in [0, 0.1) is 6.92 Å². The Hall–Kier alpha value is -2.52. The molecule has 0 saturated carbocycles. The Balaban J connectivity index is 1.94. The summed E-state index contributed by atoms with van der Waals surface area (Å²) in [6.07, 6.45) is 4.86. The summed E-state index contributed by atoms with van der Waals surface area (Å²) in [5.41, 5.74) is 1.56. The molecule has 166 valence electrons. The Kier molecular flexibility index (Phi) is 7.27. The van der Waals surface area contributed by atoms with Crippen LogP contribution in [-0.2, 0) is 14.8 Å². The molecule has 1 amide bonds. The highest BCUT2D eigenvalue weighted by Crippen LogP contribution is 2.28. The molecule has 1 aliphatic heterocycles. The van der Waals surface area contributed by atoms with E-state index in [0.717, 1.165) is 24.2 Å². The molecule has 31 heavy (non-hydrogen) atoms. The standard InChI is InChI=1S/C22H26N2O5S2/c1-15-7-8-16(22(26)29-2)13-19(15)23-31(27,28)17-9-10-20(30-3)18(14-17)21(25)24-11-5-4-6-12-24/h7-10,13-14,23H,4-6,11-12H2,1-3H3. The number of nitrogens with zero attached hydrogens (tertiary/aromatic N) is 1. The van der Waals surface area contributed by atoms with Crippen LogP contribution in [-0.4, -0.2) is 51.6 Å². The monoisotopic (exact) mass is 462 g/mol. The molecule has 7 nitrogen and oxygen atoms in total. The van der Waals surface area contributed by atoms with Crippen LogP contribution in [0.1, 0.15) is 45.5 Å². The molecule has 0 spiro atoms. The fourth-order valence-electron chi connectivity index (χ4n) is 3.47. The summed E-state index contributed by atoms with van der Waals surface area (Å²) in [7, 11) is -2.71. The van der Waals surface area contributed by atoms with Crippen LogP contribution < -0.4 is 4.72 Å². The molecule has 0 radical (unpaired) electrons. The lowest BCUT2D eigenvalue weighted by Gasteiger charge is -2.27. The Labute approximate surface area is 187 Å². The average Bonchev–Trinajstić information content (AvgIpc) is 2.79. The third-order valence-electron chi connectivity index (χ3n) is 5.26. The molecule has 1 saturated heterocycles. The lowest BCUT2D eigenvalue weighted by Crippen LogP contribution is -2.36. The number of carbonyl (C=O) groups is 2. The Morgan fingerprint density at radius 2 is 1.77 bits per heavy atom. The van der Waals surface area contributed by atoms with Crippen molar-refractivity contribution in [3.8, 4) is 0 Å². The first-order valence-electron chi connectivity index (χ1n) is 9.96. The first kappa shape index (κ1) is 23.1. The lowest BCUT2D eigenvalue weighted by atomic mass is 10.1. The van der Waals surface area contributed by atoms with Gasteiger partial charge in [-0.2, -0.15) is 0 Å². The molecule has 0 aliphatic carbocycles. The number of esters is 1. The molecular weight excluding hydrogens is 436 g/mol. The number of piperidine rings is 1. The normalized spacial score (nSPS) is 14.2. The zero-order valence-corrected chi connectivity index (χ0v) is 19.4. The van der Waals surface area contributed by atoms with E-state index in [4.69, 9.17) is 4.74 Å². The third kappa shape index (κ3) is 5.22. The quantitative estimate of drug-likeness (QED) is 0.517. The number of sulfonamides is 1. The van der Waals surface area contributed by atoms with Gasteiger partial charge in [0.05, 0.1) is 28.8 Å². The minimum Gasteiger partial charge on any atom is -0.465 e. The molecule has 0 aromatic heterocycles. The molecule has 1 aliphatic rings. The smallest absolute Gasteiger partial charge is 0.337 e. The molecule has 1 heterocycles. The van der Waals surface area contributed by atoms with E-state index in [0.29, 0.717) is 24.2 Å². The minimum absolute atomic E-state index is 0.00599. The van der Waals surface area contributed by atoms with Crippen molar-refractivity contribution >= 4 is 39.3 Å². The van der Waals surface area contributed by atoms with Gasteiger partial charge in [-0.3, -0.25) is 9.52 Å². The van der Waals surface area contributed by atoms with Crippen molar-refractivity contribution in [2.75, 3.05) is 31.2 Å². The van der Waals surface area contributed by atoms with E-state index < -0.39 is 16.0 Å². The predicted octanol–water partition coefficient (Wildman–Crippen LogP) is 3.93. The van der Waals surface area contributed by atoms with Crippen LogP contribution in [0.3, 0.4) is 0 Å². The highest BCUT2D eigenvalue weighted by atomic mass is 32.2. The van der Waals surface area contributed by atoms with Gasteiger partial charge in [-0.15, -0.1) is 11.8 Å². The van der Waals surface area contributed by atoms with Crippen LogP contribution in [0.5, 0.6) is 0 Å². The van der Waals surface area contributed by atoms with Crippen LogP contribution in [0.2, 0.25) is 0 Å². The number of aryl methyl sites for hydroxylation is 1. The number of hydrogen-bond acceptors (Lipinski definition) is 6. The van der Waals surface area contributed by atoms with Crippen LogP contribution in [0.15, 0.2) is 46.2 Å². The predicted molar refractivity (Wildman–Crippen MR) is 121 cm³/mol. The second-order valence-electron chi connectivity index (χ2n) is 7.34. The summed E-state index contributed by atoms with van der Waals surface area (Å²) < 4.78 is 33.4. The second kappa shape index (κ2) is 9.74. The molecular formula is C22H26N2O5S2. The SMILES string of the molecule is COC(=O)c1ccc(C)c(NS(=O)(=O)c2ccc(SC)c(C(=O)N3CCCCC3)c2)c1. The maximum absolute atomic E-state index is 13.1. The van der Waals surface area contributed by atoms with Crippen molar-refractivity contribution in [1.29, 1.82) is 0 Å². The van der Waals surface area contributed by atoms with Crippen molar-refractivity contribution in [1.82, 2.24) is 4.90 Å². The molecule has 9 heteroatoms. The van der Waals surface area contributed by atoms with Gasteiger partial charge in [0.25, 0.3) is 15.9 Å². The number of methoxy groups -OCH3 is 1. The Morgan fingerprint density at radius 3 is 2.42 bits per heavy atom. The minimum atomic E-state index is -3.98. The van der Waals surface area contributed by atoms with Gasteiger partial charge in [0.1, 0.15) is 0 Å². The summed E-state index contributed by atoms with van der Waals surface area (Å²) in [6, 6.07) is 9.24. The molecule has 2 aromatic carbocycles. The van der Waals surface area contributed by atoms with Gasteiger partial charge < -0.3 is 9.64 Å². The number of likely N-dealkylation sites (tertiary alicyclic amines) is 1. The summed E-state index contributed by atoms with van der Waals surface area (Å²) >= 11 is 1.41. The number of rotatable bonds is 6. The van der Waals surface area contributed by atoms with E-state index in [1.165, 1.54) is 37.1 Å². The average molecular weight is 463 g/mol. The van der Waals surface area contributed by atoms with Gasteiger partial charge in [-0.25, -0.2) is 13.2 Å². The first-order chi connectivity index (χ1) is 14.8. The van der Waals surface area contributed by atoms with Gasteiger partial charge in [0.2, 0.25) is 0 Å². The fraction of sp³-hybridized carbons (Fsp3) is 0.364. The summed E-state index contributed by atoms with van der Waals surface area (Å²) in [5.74, 6) is -0.704. The molecule has 1 fully saturated rings. The highest BCUT2D eigenvalue weighted by Gasteiger charge is 2.24. The summed E-state index contributed by atoms with van der Waals surface area (Å²) in [4.78, 5) is 27.4. The zero-order valence-electron chi connectivity index (χ0n) is 17.8. The van der Waals surface area contributed by atoms with Crippen molar-refractivity contribution in [3.63, 3.8) is 0 Å². The van der Waals surface area contributed by atoms with Gasteiger partial charge in [-0.1, -0.05) is 6.07 Å². The van der Waals surface area contributed by atoms with E-state index in [-0.39, 0.29) is 22.1 Å². The van der Waals surface area contributed by atoms with Gasteiger partial charge in [-0.05, 0) is 68.3 Å². The van der Waals surface area contributed by atoms with Gasteiger partial charge in [0, 0.05) is 18.0 Å². The Bertz CT molecular complexity index is 1090. The number of hydrogen-bond donors (Lipinski definition) is 1. The largest absolute Gasteiger partial charge is 0.465 e. The van der Waals surface area contributed by atoms with Gasteiger partial charge >= 0.3 is 5.97 Å². The van der Waals surface area contributed by atoms with Crippen molar-refractivity contribution in [2.45, 2.75) is 36.0 Å². The first-order valence-corrected chi connectivity index (χ1v) is 12.7. The number of benzene rings is 2. The van der Waals surface area contributed by atoms with Crippen molar-refractivity contribution < 1.29 is 22.7 Å². The number of nitrogens with one attached hydrogen (secondary N) is 1. The van der Waals surface area contributed by atoms with E-state index >= 15 is 0 Å². The number of ether oxygens (including phenoxy) is 1. The highest BCUT2D eigenvalue weighted by molar-refractivity contribution is 7.98. The van der Waals surface area contributed by atoms with E-state index in [9.17, 15) is 18.0 Å². The molecule has 1 N–H and O–H groups in total. The van der Waals surface area contributed by atoms with Crippen molar-refractivity contribution in [3.05, 3.63) is 53.1 Å². The lowest BCUT2D eigenvalue weighted by molar-refractivity contribution is 0.0600. The maximum Gasteiger partial charge on any atom is 0.337 e. The molecule has 0 bridgehead atoms. The van der Waals surface area contributed by atoms with Crippen LogP contribution in [0.4, 0.5) is 5.69 Å². The fourth-order valence-corrected chi connectivity index (χ4v) is 5.19. The number of anilines is 1. The second-order valence-corrected chi connectivity index (χ2v) is 9.87. The third-order valence-corrected chi connectivity index (χ3v) is 7.42. The van der Waals surface area contributed by atoms with Crippen LogP contribution in [0.25, 0.3) is 0 Å². The molecule has 3 rings (SSSR count). The van der Waals surface area contributed by atoms with E-state index in [2.05, 4.69) is 4.72 Å². The summed E-state index contributed by atoms with van der Waals surface area (Å²) in [6.45, 7) is 3.10. The Morgan fingerprint density at radius 1 is 1.06 bits per heavy atom. The van der Waals surface area contributed by atoms with E-state index in [1.54, 1.807) is 30.0 Å². The number of amides is 1. The van der Waals surface area contributed by atoms with E-state index in [1.807, 2.05) is 6.26 Å². The van der Waals surface area contributed by atoms with Crippen molar-refractivity contribution in [2.24, 2.45) is 0 Å². The van der Waals surface area contributed by atoms with Crippen LogP contribution >= 0.6 is 11.8 Å². The molecule has 2 aromatic rings. The molecule has 0 atom stereocenters.